The fourth-order valence-electron chi connectivity index (χ4n) is 3.05. The molecule has 0 unspecified atom stereocenters. The summed E-state index contributed by atoms with van der Waals surface area (Å²) < 4.78 is 38.4. The molecule has 0 heterocycles. The third-order valence-electron chi connectivity index (χ3n) is 4.75. The highest BCUT2D eigenvalue weighted by Gasteiger charge is 2.27. The van der Waals surface area contributed by atoms with Crippen LogP contribution in [0.1, 0.15) is 36.7 Å². The molecule has 0 bridgehead atoms. The Kier molecular flexibility index (Phi) is 8.68. The minimum atomic E-state index is -3.97. The lowest BCUT2D eigenvalue weighted by Crippen LogP contribution is -2.40. The van der Waals surface area contributed by atoms with Crippen LogP contribution in [0.3, 0.4) is 0 Å². The first-order chi connectivity index (χ1) is 15.7. The molecule has 2 aromatic rings. The van der Waals surface area contributed by atoms with Gasteiger partial charge in [-0.25, -0.2) is 17.9 Å². The topological polar surface area (TPSA) is 105 Å². The molecule has 1 amide bonds. The molecule has 186 valence electrons. The van der Waals surface area contributed by atoms with Gasteiger partial charge in [-0.3, -0.25) is 4.79 Å². The van der Waals surface area contributed by atoms with Crippen molar-refractivity contribution < 1.29 is 27.5 Å². The highest BCUT2D eigenvalue weighted by atomic mass is 32.2. The van der Waals surface area contributed by atoms with E-state index in [1.54, 1.807) is 27.8 Å². The van der Waals surface area contributed by atoms with E-state index in [1.807, 2.05) is 43.3 Å². The summed E-state index contributed by atoms with van der Waals surface area (Å²) in [5.74, 6) is -1.11. The molecule has 9 nitrogen and oxygen atoms in total. The lowest BCUT2D eigenvalue weighted by molar-refractivity contribution is -0.133. The SMILES string of the molecule is COc1ccc(C(=O)OCC(=O)N(C)Cc2ccc(N(C)C)cc2)cc1S(=O)(=O)NC(C)(C)C. The number of esters is 1. The number of nitrogens with one attached hydrogen (secondary N) is 1. The zero-order valence-electron chi connectivity index (χ0n) is 20.7. The van der Waals surface area contributed by atoms with Gasteiger partial charge in [0.15, 0.2) is 6.61 Å². The number of methoxy groups -OCH3 is 1. The van der Waals surface area contributed by atoms with Gasteiger partial charge in [0.25, 0.3) is 5.91 Å². The Balaban J connectivity index is 2.07. The van der Waals surface area contributed by atoms with E-state index < -0.39 is 28.1 Å². The molecule has 0 radical (unpaired) electrons. The summed E-state index contributed by atoms with van der Waals surface area (Å²) in [6.07, 6.45) is 0. The average molecular weight is 492 g/mol. The minimum Gasteiger partial charge on any atom is -0.495 e. The third kappa shape index (κ3) is 7.46. The van der Waals surface area contributed by atoms with Crippen LogP contribution < -0.4 is 14.4 Å². The number of likely N-dealkylation sites (N-methyl/N-ethyl adjacent to an activating group) is 1. The van der Waals surface area contributed by atoms with Crippen LogP contribution in [0.2, 0.25) is 0 Å². The van der Waals surface area contributed by atoms with E-state index in [0.29, 0.717) is 6.54 Å². The van der Waals surface area contributed by atoms with Crippen molar-refractivity contribution in [2.24, 2.45) is 0 Å². The van der Waals surface area contributed by atoms with Crippen molar-refractivity contribution in [3.8, 4) is 5.75 Å². The van der Waals surface area contributed by atoms with E-state index in [1.165, 1.54) is 30.2 Å². The van der Waals surface area contributed by atoms with Crippen LogP contribution in [0.4, 0.5) is 5.69 Å². The summed E-state index contributed by atoms with van der Waals surface area (Å²) in [7, 11) is 2.88. The summed E-state index contributed by atoms with van der Waals surface area (Å²) in [6.45, 7) is 4.99. The molecule has 0 atom stereocenters. The van der Waals surface area contributed by atoms with E-state index in [4.69, 9.17) is 9.47 Å². The molecule has 2 aromatic carbocycles. The van der Waals surface area contributed by atoms with E-state index in [2.05, 4.69) is 4.72 Å². The van der Waals surface area contributed by atoms with Crippen molar-refractivity contribution in [2.45, 2.75) is 37.8 Å². The average Bonchev–Trinajstić information content (AvgIpc) is 2.75. The fourth-order valence-corrected chi connectivity index (χ4v) is 4.67. The number of benzene rings is 2. The molecule has 0 aliphatic carbocycles. The number of sulfonamides is 1. The van der Waals surface area contributed by atoms with E-state index in [-0.39, 0.29) is 22.1 Å². The molecule has 0 aromatic heterocycles. The summed E-state index contributed by atoms with van der Waals surface area (Å²) in [5, 5.41) is 0. The summed E-state index contributed by atoms with van der Waals surface area (Å²) in [5.41, 5.74) is 1.24. The van der Waals surface area contributed by atoms with Crippen LogP contribution >= 0.6 is 0 Å². The first-order valence-electron chi connectivity index (χ1n) is 10.6. The van der Waals surface area contributed by atoms with Gasteiger partial charge in [0, 0.05) is 38.9 Å². The van der Waals surface area contributed by atoms with Crippen LogP contribution in [-0.2, 0) is 26.1 Å². The maximum absolute atomic E-state index is 12.8. The van der Waals surface area contributed by atoms with Crippen molar-refractivity contribution in [1.29, 1.82) is 0 Å². The standard InChI is InChI=1S/C24H33N3O6S/c1-24(2,3)25-34(30,31)21-14-18(10-13-20(21)32-7)23(29)33-16-22(28)27(6)15-17-8-11-19(12-9-17)26(4)5/h8-14,25H,15-16H2,1-7H3. The van der Waals surface area contributed by atoms with Crippen molar-refractivity contribution in [3.63, 3.8) is 0 Å². The zero-order chi connectivity index (χ0) is 25.7. The van der Waals surface area contributed by atoms with Crippen LogP contribution in [0, 0.1) is 0 Å². The summed E-state index contributed by atoms with van der Waals surface area (Å²) in [4.78, 5) is 28.2. The van der Waals surface area contributed by atoms with Crippen molar-refractivity contribution >= 4 is 27.6 Å². The van der Waals surface area contributed by atoms with Gasteiger partial charge >= 0.3 is 5.97 Å². The van der Waals surface area contributed by atoms with Gasteiger partial charge in [-0.1, -0.05) is 12.1 Å². The molecule has 0 spiro atoms. The number of ether oxygens (including phenoxy) is 2. The Morgan fingerprint density at radius 2 is 1.62 bits per heavy atom. The first kappa shape index (κ1) is 27.1. The first-order valence-corrected chi connectivity index (χ1v) is 12.1. The fraction of sp³-hybridized carbons (Fsp3) is 0.417. The van der Waals surface area contributed by atoms with Gasteiger partial charge in [-0.05, 0) is 56.7 Å². The van der Waals surface area contributed by atoms with Crippen LogP contribution in [0.25, 0.3) is 0 Å². The van der Waals surface area contributed by atoms with E-state index in [0.717, 1.165) is 11.3 Å². The molecule has 0 aliphatic heterocycles. The normalized spacial score (nSPS) is 11.6. The van der Waals surface area contributed by atoms with E-state index in [9.17, 15) is 18.0 Å². The van der Waals surface area contributed by atoms with Crippen molar-refractivity contribution in [2.75, 3.05) is 39.8 Å². The molecule has 1 N–H and O–H groups in total. The van der Waals surface area contributed by atoms with Crippen molar-refractivity contribution in [1.82, 2.24) is 9.62 Å². The number of carbonyl (C=O) groups is 2. The van der Waals surface area contributed by atoms with Crippen LogP contribution in [0.5, 0.6) is 5.75 Å². The van der Waals surface area contributed by atoms with Gasteiger partial charge in [0.05, 0.1) is 12.7 Å². The van der Waals surface area contributed by atoms with E-state index >= 15 is 0 Å². The second-order valence-corrected chi connectivity index (χ2v) is 10.8. The van der Waals surface area contributed by atoms with Gasteiger partial charge in [-0.15, -0.1) is 0 Å². The number of nitrogens with zero attached hydrogens (tertiary/aromatic N) is 2. The quantitative estimate of drug-likeness (QED) is 0.538. The van der Waals surface area contributed by atoms with Crippen molar-refractivity contribution in [3.05, 3.63) is 53.6 Å². The maximum atomic E-state index is 12.8. The molecule has 0 saturated heterocycles. The Labute approximate surface area is 201 Å². The molecule has 2 rings (SSSR count). The molecule has 34 heavy (non-hydrogen) atoms. The second-order valence-electron chi connectivity index (χ2n) is 9.11. The number of anilines is 1. The highest BCUT2D eigenvalue weighted by molar-refractivity contribution is 7.89. The zero-order valence-corrected chi connectivity index (χ0v) is 21.5. The maximum Gasteiger partial charge on any atom is 0.338 e. The highest BCUT2D eigenvalue weighted by Crippen LogP contribution is 2.26. The number of amides is 1. The Bertz CT molecular complexity index is 1120. The number of hydrogen-bond donors (Lipinski definition) is 1. The Morgan fingerprint density at radius 3 is 2.15 bits per heavy atom. The van der Waals surface area contributed by atoms with Gasteiger partial charge in [-0.2, -0.15) is 0 Å². The van der Waals surface area contributed by atoms with Crippen LogP contribution in [-0.4, -0.2) is 65.6 Å². The number of hydrogen-bond acceptors (Lipinski definition) is 7. The number of rotatable bonds is 9. The predicted octanol–water partition coefficient (Wildman–Crippen LogP) is 2.65. The second kappa shape index (κ2) is 10.9. The Morgan fingerprint density at radius 1 is 1.00 bits per heavy atom. The summed E-state index contributed by atoms with van der Waals surface area (Å²) >= 11 is 0. The lowest BCUT2D eigenvalue weighted by Gasteiger charge is -2.21. The summed E-state index contributed by atoms with van der Waals surface area (Å²) in [6, 6.07) is 11.7. The molecule has 0 aliphatic rings. The monoisotopic (exact) mass is 491 g/mol. The van der Waals surface area contributed by atoms with Gasteiger partial charge in [0.2, 0.25) is 10.0 Å². The molecule has 0 fully saturated rings. The van der Waals surface area contributed by atoms with Gasteiger partial charge < -0.3 is 19.3 Å². The number of carbonyl (C=O) groups excluding carboxylic acids is 2. The smallest absolute Gasteiger partial charge is 0.338 e. The molecule has 10 heteroatoms. The molecule has 0 saturated carbocycles. The minimum absolute atomic E-state index is 0.00943. The lowest BCUT2D eigenvalue weighted by atomic mass is 10.1. The Hall–Kier alpha value is -3.11. The largest absolute Gasteiger partial charge is 0.495 e. The van der Waals surface area contributed by atoms with Crippen LogP contribution in [0.15, 0.2) is 47.4 Å². The third-order valence-corrected chi connectivity index (χ3v) is 6.53. The molecular weight excluding hydrogens is 458 g/mol. The predicted molar refractivity (Wildman–Crippen MR) is 131 cm³/mol. The van der Waals surface area contributed by atoms with Gasteiger partial charge in [0.1, 0.15) is 10.6 Å². The molecular formula is C24H33N3O6S.